The number of unbranched alkanes of at least 4 members (excludes halogenated alkanes) is 1. The van der Waals surface area contributed by atoms with E-state index in [2.05, 4.69) is 6.92 Å². The van der Waals surface area contributed by atoms with E-state index in [9.17, 15) is 14.7 Å². The smallest absolute Gasteiger partial charge is 0.328 e. The van der Waals surface area contributed by atoms with Crippen molar-refractivity contribution in [1.82, 2.24) is 4.90 Å². The number of carboxylic acid groups (broad SMARTS) is 1. The van der Waals surface area contributed by atoms with E-state index in [1.807, 2.05) is 6.92 Å². The number of nitrogens with zero attached hydrogens (tertiary/aromatic N) is 1. The topological polar surface area (TPSA) is 85.3 Å². The molecule has 1 aliphatic rings. The molecule has 1 aromatic carbocycles. The van der Waals surface area contributed by atoms with Gasteiger partial charge in [0.25, 0.3) is 5.91 Å². The quantitative estimate of drug-likeness (QED) is 0.723. The fourth-order valence-electron chi connectivity index (χ4n) is 2.57. The average Bonchev–Trinajstić information content (AvgIpc) is 2.62. The summed E-state index contributed by atoms with van der Waals surface area (Å²) in [5.74, 6) is -0.345. The van der Waals surface area contributed by atoms with Crippen LogP contribution in [0.4, 0.5) is 0 Å². The Bertz CT molecular complexity index is 603. The maximum absolute atomic E-state index is 12.8. The summed E-state index contributed by atoms with van der Waals surface area (Å²) in [7, 11) is 0. The Morgan fingerprint density at radius 1 is 1.28 bits per heavy atom. The van der Waals surface area contributed by atoms with Gasteiger partial charge in [0.05, 0.1) is 26.4 Å². The van der Waals surface area contributed by atoms with E-state index in [4.69, 9.17) is 14.2 Å². The molecule has 7 heteroatoms. The molecule has 1 unspecified atom stereocenters. The van der Waals surface area contributed by atoms with Crippen LogP contribution in [0, 0.1) is 0 Å². The number of carbonyl (C=O) groups excluding carboxylic acids is 1. The van der Waals surface area contributed by atoms with Gasteiger partial charge < -0.3 is 24.2 Å². The number of aliphatic carboxylic acids is 1. The molecule has 0 radical (unpaired) electrons. The monoisotopic (exact) mass is 351 g/mol. The lowest BCUT2D eigenvalue weighted by Gasteiger charge is -2.33. The first-order valence-corrected chi connectivity index (χ1v) is 8.59. The second-order valence-corrected chi connectivity index (χ2v) is 5.72. The molecule has 1 amide bonds. The molecule has 0 bridgehead atoms. The minimum atomic E-state index is -1.07. The minimum Gasteiger partial charge on any atom is -0.490 e. The summed E-state index contributed by atoms with van der Waals surface area (Å²) < 4.78 is 16.5. The summed E-state index contributed by atoms with van der Waals surface area (Å²) in [6.45, 7) is 5.52. The van der Waals surface area contributed by atoms with Crippen molar-refractivity contribution in [2.24, 2.45) is 0 Å². The third-order valence-corrected chi connectivity index (χ3v) is 3.92. The number of amides is 1. The number of benzene rings is 1. The third kappa shape index (κ3) is 4.85. The number of rotatable bonds is 8. The lowest BCUT2D eigenvalue weighted by atomic mass is 10.1. The lowest BCUT2D eigenvalue weighted by Crippen LogP contribution is -2.52. The van der Waals surface area contributed by atoms with Gasteiger partial charge in [-0.25, -0.2) is 4.79 Å². The van der Waals surface area contributed by atoms with Gasteiger partial charge in [0, 0.05) is 12.1 Å². The number of carbonyl (C=O) groups is 2. The van der Waals surface area contributed by atoms with Gasteiger partial charge in [-0.1, -0.05) is 13.3 Å². The largest absolute Gasteiger partial charge is 0.490 e. The van der Waals surface area contributed by atoms with Crippen LogP contribution in [0.2, 0.25) is 0 Å². The zero-order valence-corrected chi connectivity index (χ0v) is 14.7. The molecule has 7 nitrogen and oxygen atoms in total. The van der Waals surface area contributed by atoms with Crippen LogP contribution >= 0.6 is 0 Å². The zero-order valence-electron chi connectivity index (χ0n) is 14.7. The normalized spacial score (nSPS) is 17.2. The van der Waals surface area contributed by atoms with E-state index in [0.29, 0.717) is 36.9 Å². The van der Waals surface area contributed by atoms with Gasteiger partial charge in [-0.3, -0.25) is 4.79 Å². The highest BCUT2D eigenvalue weighted by molar-refractivity contribution is 5.97. The summed E-state index contributed by atoms with van der Waals surface area (Å²) in [6, 6.07) is 3.98. The Kier molecular flexibility index (Phi) is 7.06. The second kappa shape index (κ2) is 9.27. The minimum absolute atomic E-state index is 0.00238. The lowest BCUT2D eigenvalue weighted by molar-refractivity contribution is -0.147. The molecule has 1 aliphatic heterocycles. The summed E-state index contributed by atoms with van der Waals surface area (Å²) in [5, 5.41) is 9.29. The van der Waals surface area contributed by atoms with Crippen LogP contribution in [0.15, 0.2) is 18.2 Å². The molecule has 0 aromatic heterocycles. The van der Waals surface area contributed by atoms with Gasteiger partial charge >= 0.3 is 5.97 Å². The molecular weight excluding hydrogens is 326 g/mol. The van der Waals surface area contributed by atoms with Gasteiger partial charge in [-0.15, -0.1) is 0 Å². The zero-order chi connectivity index (χ0) is 18.2. The molecule has 0 spiro atoms. The van der Waals surface area contributed by atoms with Crippen molar-refractivity contribution in [2.75, 3.05) is 33.0 Å². The number of ether oxygens (including phenoxy) is 3. The van der Waals surface area contributed by atoms with Crippen LogP contribution in [0.1, 0.15) is 37.0 Å². The van der Waals surface area contributed by atoms with Crippen LogP contribution in [0.25, 0.3) is 0 Å². The molecule has 138 valence electrons. The first-order valence-electron chi connectivity index (χ1n) is 8.59. The summed E-state index contributed by atoms with van der Waals surface area (Å²) in [4.78, 5) is 25.4. The highest BCUT2D eigenvalue weighted by Gasteiger charge is 2.33. The van der Waals surface area contributed by atoms with E-state index < -0.39 is 12.0 Å². The number of morpholine rings is 1. The van der Waals surface area contributed by atoms with Crippen LogP contribution < -0.4 is 9.47 Å². The van der Waals surface area contributed by atoms with Crippen LogP contribution in [-0.4, -0.2) is 60.9 Å². The van der Waals surface area contributed by atoms with Gasteiger partial charge in [0.2, 0.25) is 0 Å². The van der Waals surface area contributed by atoms with E-state index in [1.54, 1.807) is 18.2 Å². The number of hydrogen-bond acceptors (Lipinski definition) is 5. The van der Waals surface area contributed by atoms with E-state index in [1.165, 1.54) is 4.90 Å². The Morgan fingerprint density at radius 3 is 2.76 bits per heavy atom. The molecule has 1 saturated heterocycles. The van der Waals surface area contributed by atoms with E-state index in [-0.39, 0.29) is 19.1 Å². The second-order valence-electron chi connectivity index (χ2n) is 5.72. The molecular formula is C18H25NO6. The first kappa shape index (κ1) is 19.1. The first-order chi connectivity index (χ1) is 12.1. The van der Waals surface area contributed by atoms with Crippen LogP contribution in [0.5, 0.6) is 11.5 Å². The fourth-order valence-corrected chi connectivity index (χ4v) is 2.57. The molecule has 2 rings (SSSR count). The SMILES string of the molecule is CCCCOc1ccc(C(=O)N2CCOCC2C(=O)O)cc1OCC. The highest BCUT2D eigenvalue weighted by Crippen LogP contribution is 2.29. The van der Waals surface area contributed by atoms with E-state index in [0.717, 1.165) is 12.8 Å². The van der Waals surface area contributed by atoms with Gasteiger partial charge in [-0.2, -0.15) is 0 Å². The van der Waals surface area contributed by atoms with Gasteiger partial charge in [0.15, 0.2) is 17.5 Å². The van der Waals surface area contributed by atoms with E-state index >= 15 is 0 Å². The molecule has 0 saturated carbocycles. The molecule has 1 atom stereocenters. The standard InChI is InChI=1S/C18H25NO6/c1-3-5-9-25-15-7-6-13(11-16(15)24-4-2)17(20)19-8-10-23-12-14(19)18(21)22/h6-7,11,14H,3-5,8-10,12H2,1-2H3,(H,21,22). The maximum Gasteiger partial charge on any atom is 0.328 e. The Hall–Kier alpha value is -2.28. The number of carboxylic acids is 1. The summed E-state index contributed by atoms with van der Waals surface area (Å²) in [6.07, 6.45) is 1.95. The Balaban J connectivity index is 2.20. The number of hydrogen-bond donors (Lipinski definition) is 1. The van der Waals surface area contributed by atoms with Crippen LogP contribution in [0.3, 0.4) is 0 Å². The van der Waals surface area contributed by atoms with Gasteiger partial charge in [0.1, 0.15) is 0 Å². The van der Waals surface area contributed by atoms with Crippen molar-refractivity contribution in [3.05, 3.63) is 23.8 Å². The summed E-state index contributed by atoms with van der Waals surface area (Å²) in [5.41, 5.74) is 0.374. The average molecular weight is 351 g/mol. The molecule has 0 aliphatic carbocycles. The van der Waals surface area contributed by atoms with Crippen molar-refractivity contribution in [3.8, 4) is 11.5 Å². The molecule has 1 N–H and O–H groups in total. The van der Waals surface area contributed by atoms with Crippen LogP contribution in [-0.2, 0) is 9.53 Å². The van der Waals surface area contributed by atoms with Crippen molar-refractivity contribution >= 4 is 11.9 Å². The molecule has 1 aromatic rings. The predicted octanol–water partition coefficient (Wildman–Crippen LogP) is 2.19. The fraction of sp³-hybridized carbons (Fsp3) is 0.556. The Morgan fingerprint density at radius 2 is 2.08 bits per heavy atom. The van der Waals surface area contributed by atoms with Crippen molar-refractivity contribution in [1.29, 1.82) is 0 Å². The maximum atomic E-state index is 12.8. The van der Waals surface area contributed by atoms with Crippen molar-refractivity contribution in [3.63, 3.8) is 0 Å². The van der Waals surface area contributed by atoms with Crippen molar-refractivity contribution in [2.45, 2.75) is 32.7 Å². The molecule has 25 heavy (non-hydrogen) atoms. The molecule has 1 fully saturated rings. The third-order valence-electron chi connectivity index (χ3n) is 3.92. The molecule has 1 heterocycles. The van der Waals surface area contributed by atoms with Crippen molar-refractivity contribution < 1.29 is 28.9 Å². The Labute approximate surface area is 147 Å². The predicted molar refractivity (Wildman–Crippen MR) is 91.3 cm³/mol. The highest BCUT2D eigenvalue weighted by atomic mass is 16.5. The van der Waals surface area contributed by atoms with Gasteiger partial charge in [-0.05, 0) is 31.5 Å². The summed E-state index contributed by atoms with van der Waals surface area (Å²) >= 11 is 0.